The Kier molecular flexibility index (Phi) is 5.19. The largest absolute Gasteiger partial charge is 0.382 e. The van der Waals surface area contributed by atoms with Gasteiger partial charge >= 0.3 is 0 Å². The highest BCUT2D eigenvalue weighted by atomic mass is 32.1. The Bertz CT molecular complexity index is 638. The van der Waals surface area contributed by atoms with Crippen LogP contribution in [0.5, 0.6) is 0 Å². The van der Waals surface area contributed by atoms with Crippen LogP contribution in [-0.4, -0.2) is 40.4 Å². The van der Waals surface area contributed by atoms with Crippen molar-refractivity contribution in [1.82, 2.24) is 20.2 Å². The maximum absolute atomic E-state index is 12.1. The number of nitrogens with zero attached hydrogens (tertiary/aromatic N) is 3. The Labute approximate surface area is 139 Å². The summed E-state index contributed by atoms with van der Waals surface area (Å²) >= 11 is 1.81. The van der Waals surface area contributed by atoms with Crippen molar-refractivity contribution in [3.63, 3.8) is 0 Å². The molecule has 0 bridgehead atoms. The SMILES string of the molecule is Nc1nccnc1C(=O)NCC1CCN(Cc2cccs2)CC1. The fourth-order valence-corrected chi connectivity index (χ4v) is 3.56. The van der Waals surface area contributed by atoms with Gasteiger partial charge in [0.25, 0.3) is 5.91 Å². The smallest absolute Gasteiger partial charge is 0.273 e. The molecular weight excluding hydrogens is 310 g/mol. The first-order chi connectivity index (χ1) is 11.2. The van der Waals surface area contributed by atoms with E-state index in [9.17, 15) is 4.79 Å². The molecule has 1 saturated heterocycles. The Morgan fingerprint density at radius 1 is 1.35 bits per heavy atom. The third-order valence-corrected chi connectivity index (χ3v) is 5.02. The summed E-state index contributed by atoms with van der Waals surface area (Å²) in [6.45, 7) is 3.85. The third-order valence-electron chi connectivity index (χ3n) is 4.16. The van der Waals surface area contributed by atoms with Crippen molar-refractivity contribution in [3.8, 4) is 0 Å². The molecule has 1 fully saturated rings. The number of hydrogen-bond acceptors (Lipinski definition) is 6. The van der Waals surface area contributed by atoms with Crippen molar-refractivity contribution in [3.05, 3.63) is 40.5 Å². The lowest BCUT2D eigenvalue weighted by Crippen LogP contribution is -2.38. The van der Waals surface area contributed by atoms with Gasteiger partial charge in [0, 0.05) is 30.4 Å². The number of nitrogens with one attached hydrogen (secondary N) is 1. The summed E-state index contributed by atoms with van der Waals surface area (Å²) in [5.41, 5.74) is 5.88. The summed E-state index contributed by atoms with van der Waals surface area (Å²) in [5, 5.41) is 5.05. The number of thiophene rings is 1. The van der Waals surface area contributed by atoms with Crippen LogP contribution in [0.3, 0.4) is 0 Å². The predicted octanol–water partition coefficient (Wildman–Crippen LogP) is 1.76. The van der Waals surface area contributed by atoms with Crippen molar-refractivity contribution in [2.24, 2.45) is 5.92 Å². The van der Waals surface area contributed by atoms with Crippen LogP contribution in [0.15, 0.2) is 29.9 Å². The molecule has 0 aliphatic carbocycles. The molecule has 7 heteroatoms. The van der Waals surface area contributed by atoms with E-state index in [1.54, 1.807) is 0 Å². The molecule has 1 aliphatic heterocycles. The minimum atomic E-state index is -0.239. The third kappa shape index (κ3) is 4.27. The van der Waals surface area contributed by atoms with Crippen molar-refractivity contribution < 1.29 is 4.79 Å². The number of piperidine rings is 1. The molecule has 1 amide bonds. The summed E-state index contributed by atoms with van der Waals surface area (Å²) in [4.78, 5) is 23.8. The van der Waals surface area contributed by atoms with Crippen LogP contribution in [0, 0.1) is 5.92 Å². The van der Waals surface area contributed by atoms with Crippen LogP contribution in [0.25, 0.3) is 0 Å². The lowest BCUT2D eigenvalue weighted by molar-refractivity contribution is 0.0931. The van der Waals surface area contributed by atoms with Gasteiger partial charge in [-0.1, -0.05) is 6.07 Å². The summed E-state index contributed by atoms with van der Waals surface area (Å²) < 4.78 is 0. The second-order valence-corrected chi connectivity index (χ2v) is 6.83. The summed E-state index contributed by atoms with van der Waals surface area (Å²) in [6.07, 6.45) is 5.16. The Morgan fingerprint density at radius 3 is 2.83 bits per heavy atom. The first kappa shape index (κ1) is 15.9. The standard InChI is InChI=1S/C16H21N5OS/c17-15-14(18-5-6-19-15)16(22)20-10-12-3-7-21(8-4-12)11-13-2-1-9-23-13/h1-2,5-6,9,12H,3-4,7-8,10-11H2,(H2,17,19)(H,20,22). The molecular formula is C16H21N5OS. The number of carbonyl (C=O) groups excluding carboxylic acids is 1. The number of amides is 1. The number of nitrogen functional groups attached to an aromatic ring is 1. The molecule has 0 atom stereocenters. The number of hydrogen-bond donors (Lipinski definition) is 2. The molecule has 2 aromatic heterocycles. The first-order valence-corrected chi connectivity index (χ1v) is 8.70. The van der Waals surface area contributed by atoms with Gasteiger partial charge in [0.2, 0.25) is 0 Å². The zero-order chi connectivity index (χ0) is 16.1. The highest BCUT2D eigenvalue weighted by Crippen LogP contribution is 2.20. The molecule has 1 aliphatic rings. The Hall–Kier alpha value is -1.99. The van der Waals surface area contributed by atoms with Crippen molar-refractivity contribution in [1.29, 1.82) is 0 Å². The van der Waals surface area contributed by atoms with Crippen LogP contribution in [0.1, 0.15) is 28.2 Å². The van der Waals surface area contributed by atoms with E-state index in [4.69, 9.17) is 5.73 Å². The fourth-order valence-electron chi connectivity index (χ4n) is 2.82. The second-order valence-electron chi connectivity index (χ2n) is 5.80. The van der Waals surface area contributed by atoms with Gasteiger partial charge in [-0.3, -0.25) is 9.69 Å². The van der Waals surface area contributed by atoms with Gasteiger partial charge in [-0.05, 0) is 43.3 Å². The van der Waals surface area contributed by atoms with E-state index in [-0.39, 0.29) is 17.4 Å². The maximum Gasteiger partial charge on any atom is 0.273 e. The molecule has 0 spiro atoms. The molecule has 0 saturated carbocycles. The average Bonchev–Trinajstić information content (AvgIpc) is 3.07. The molecule has 2 aromatic rings. The zero-order valence-corrected chi connectivity index (χ0v) is 13.8. The van der Waals surface area contributed by atoms with E-state index in [1.807, 2.05) is 11.3 Å². The van der Waals surface area contributed by atoms with Crippen LogP contribution >= 0.6 is 11.3 Å². The van der Waals surface area contributed by atoms with Gasteiger partial charge in [0.05, 0.1) is 0 Å². The van der Waals surface area contributed by atoms with Crippen molar-refractivity contribution in [2.75, 3.05) is 25.4 Å². The molecule has 0 unspecified atom stereocenters. The lowest BCUT2D eigenvalue weighted by atomic mass is 9.96. The molecule has 0 radical (unpaired) electrons. The number of nitrogens with two attached hydrogens (primary N) is 1. The van der Waals surface area contributed by atoms with Gasteiger partial charge in [-0.15, -0.1) is 11.3 Å². The van der Waals surface area contributed by atoms with Crippen LogP contribution < -0.4 is 11.1 Å². The Morgan fingerprint density at radius 2 is 2.13 bits per heavy atom. The maximum atomic E-state index is 12.1. The van der Waals surface area contributed by atoms with E-state index in [0.29, 0.717) is 12.5 Å². The zero-order valence-electron chi connectivity index (χ0n) is 12.9. The summed E-state index contributed by atoms with van der Waals surface area (Å²) in [7, 11) is 0. The van der Waals surface area contributed by atoms with E-state index in [0.717, 1.165) is 32.5 Å². The minimum Gasteiger partial charge on any atom is -0.382 e. The monoisotopic (exact) mass is 331 g/mol. The molecule has 122 valence electrons. The molecule has 0 aromatic carbocycles. The number of likely N-dealkylation sites (tertiary alicyclic amines) is 1. The molecule has 3 rings (SSSR count). The van der Waals surface area contributed by atoms with E-state index >= 15 is 0 Å². The molecule has 6 nitrogen and oxygen atoms in total. The van der Waals surface area contributed by atoms with E-state index in [2.05, 4.69) is 37.7 Å². The van der Waals surface area contributed by atoms with E-state index in [1.165, 1.54) is 17.3 Å². The van der Waals surface area contributed by atoms with Gasteiger partial charge < -0.3 is 11.1 Å². The van der Waals surface area contributed by atoms with Gasteiger partial charge in [0.15, 0.2) is 11.5 Å². The molecule has 3 N–H and O–H groups in total. The average molecular weight is 331 g/mol. The van der Waals surface area contributed by atoms with Gasteiger partial charge in [-0.2, -0.15) is 0 Å². The van der Waals surface area contributed by atoms with E-state index < -0.39 is 0 Å². The molecule has 23 heavy (non-hydrogen) atoms. The molecule has 3 heterocycles. The minimum absolute atomic E-state index is 0.177. The van der Waals surface area contributed by atoms with Gasteiger partial charge in [0.1, 0.15) is 0 Å². The van der Waals surface area contributed by atoms with Gasteiger partial charge in [-0.25, -0.2) is 9.97 Å². The van der Waals surface area contributed by atoms with Crippen LogP contribution in [0.4, 0.5) is 5.82 Å². The highest BCUT2D eigenvalue weighted by molar-refractivity contribution is 7.09. The first-order valence-electron chi connectivity index (χ1n) is 7.82. The van der Waals surface area contributed by atoms with Crippen molar-refractivity contribution in [2.45, 2.75) is 19.4 Å². The highest BCUT2D eigenvalue weighted by Gasteiger charge is 2.21. The number of anilines is 1. The number of rotatable bonds is 5. The van der Waals surface area contributed by atoms with Crippen LogP contribution in [-0.2, 0) is 6.54 Å². The number of aromatic nitrogens is 2. The number of carbonyl (C=O) groups is 1. The summed E-state index contributed by atoms with van der Waals surface area (Å²) in [6, 6.07) is 4.28. The lowest BCUT2D eigenvalue weighted by Gasteiger charge is -2.31. The normalized spacial score (nSPS) is 16.3. The predicted molar refractivity (Wildman–Crippen MR) is 91.1 cm³/mol. The topological polar surface area (TPSA) is 84.1 Å². The summed E-state index contributed by atoms with van der Waals surface area (Å²) in [5.74, 6) is 0.448. The fraction of sp³-hybridized carbons (Fsp3) is 0.438. The quantitative estimate of drug-likeness (QED) is 0.872. The second kappa shape index (κ2) is 7.52. The van der Waals surface area contributed by atoms with Crippen molar-refractivity contribution >= 4 is 23.1 Å². The van der Waals surface area contributed by atoms with Crippen LogP contribution in [0.2, 0.25) is 0 Å². The Balaban J connectivity index is 1.42.